The fourth-order valence-electron chi connectivity index (χ4n) is 3.63. The number of amides is 1. The number of methoxy groups -OCH3 is 1. The van der Waals surface area contributed by atoms with Crippen LogP contribution in [0, 0.1) is 0 Å². The first kappa shape index (κ1) is 19.1. The molecule has 1 amide bonds. The van der Waals surface area contributed by atoms with Gasteiger partial charge in [0.15, 0.2) is 15.4 Å². The van der Waals surface area contributed by atoms with Crippen LogP contribution in [0.15, 0.2) is 24.3 Å². The third kappa shape index (κ3) is 4.36. The minimum absolute atomic E-state index is 0.0881. The number of nitrogens with zero attached hydrogens (tertiary/aromatic N) is 2. The minimum Gasteiger partial charge on any atom is -0.497 e. The molecule has 0 saturated carbocycles. The highest BCUT2D eigenvalue weighted by Crippen LogP contribution is 2.26. The predicted molar refractivity (Wildman–Crippen MR) is 97.7 cm³/mol. The highest BCUT2D eigenvalue weighted by Gasteiger charge is 2.43. The van der Waals surface area contributed by atoms with Crippen LogP contribution in [-0.2, 0) is 21.2 Å². The van der Waals surface area contributed by atoms with Crippen LogP contribution < -0.4 is 4.74 Å². The number of hydrogen-bond donors (Lipinski definition) is 1. The van der Waals surface area contributed by atoms with Crippen molar-refractivity contribution in [2.75, 3.05) is 44.8 Å². The molecule has 2 saturated heterocycles. The van der Waals surface area contributed by atoms with E-state index in [1.807, 2.05) is 29.2 Å². The maximum Gasteiger partial charge on any atom is 0.256 e. The summed E-state index contributed by atoms with van der Waals surface area (Å²) in [6, 6.07) is 7.54. The monoisotopic (exact) mass is 382 g/mol. The molecule has 144 valence electrons. The number of aliphatic hydroxyl groups is 1. The largest absolute Gasteiger partial charge is 0.497 e. The molecular weight excluding hydrogens is 356 g/mol. The Labute approximate surface area is 154 Å². The van der Waals surface area contributed by atoms with Crippen LogP contribution in [0.25, 0.3) is 0 Å². The molecule has 0 unspecified atom stereocenters. The number of rotatable bonds is 5. The first-order valence-electron chi connectivity index (χ1n) is 8.89. The number of carbonyl (C=O) groups excluding carboxylic acids is 1. The molecule has 8 heteroatoms. The lowest BCUT2D eigenvalue weighted by molar-refractivity contribution is -0.160. The second kappa shape index (κ2) is 7.54. The van der Waals surface area contributed by atoms with Gasteiger partial charge < -0.3 is 14.7 Å². The fraction of sp³-hybridized carbons (Fsp3) is 0.611. The highest BCUT2D eigenvalue weighted by molar-refractivity contribution is 7.91. The second-order valence-electron chi connectivity index (χ2n) is 7.14. The molecular formula is C18H26N2O5S. The van der Waals surface area contributed by atoms with E-state index in [9.17, 15) is 18.3 Å². The molecule has 0 aliphatic carbocycles. The van der Waals surface area contributed by atoms with Crippen molar-refractivity contribution >= 4 is 15.7 Å². The number of likely N-dealkylation sites (tertiary alicyclic amines) is 1. The summed E-state index contributed by atoms with van der Waals surface area (Å²) in [5.41, 5.74) is -0.496. The molecule has 2 aliphatic rings. The van der Waals surface area contributed by atoms with Gasteiger partial charge >= 0.3 is 0 Å². The number of β-amino-alcohol motifs (C(OH)–C–C–N with tert-alkyl or cyclic N) is 1. The standard InChI is InChI=1S/C18H26N2O5S/c1-25-16-5-2-4-15(12-16)13-20-7-3-6-18(22,17(20)21)14-19-8-10-26(23,24)11-9-19/h2,4-5,12,22H,3,6-11,13-14H2,1H3/t18-/m0/s1. The zero-order valence-corrected chi connectivity index (χ0v) is 15.9. The molecule has 2 heterocycles. The summed E-state index contributed by atoms with van der Waals surface area (Å²) in [5, 5.41) is 11.0. The van der Waals surface area contributed by atoms with E-state index >= 15 is 0 Å². The van der Waals surface area contributed by atoms with Crippen molar-refractivity contribution < 1.29 is 23.1 Å². The fourth-order valence-corrected chi connectivity index (χ4v) is 4.91. The summed E-state index contributed by atoms with van der Waals surface area (Å²) >= 11 is 0. The topological polar surface area (TPSA) is 87.2 Å². The van der Waals surface area contributed by atoms with E-state index < -0.39 is 15.4 Å². The van der Waals surface area contributed by atoms with Gasteiger partial charge in [0.05, 0.1) is 18.6 Å². The molecule has 0 radical (unpaired) electrons. The van der Waals surface area contributed by atoms with Crippen molar-refractivity contribution in [3.63, 3.8) is 0 Å². The SMILES string of the molecule is COc1cccc(CN2CCC[C@](O)(CN3CCS(=O)(=O)CC3)C2=O)c1. The van der Waals surface area contributed by atoms with Crippen molar-refractivity contribution in [3.8, 4) is 5.75 Å². The van der Waals surface area contributed by atoms with Gasteiger partial charge in [-0.3, -0.25) is 9.69 Å². The Balaban J connectivity index is 1.66. The number of hydrogen-bond acceptors (Lipinski definition) is 6. The van der Waals surface area contributed by atoms with Gasteiger partial charge in [0, 0.05) is 32.7 Å². The average molecular weight is 382 g/mol. The van der Waals surface area contributed by atoms with Gasteiger partial charge in [-0.1, -0.05) is 12.1 Å². The van der Waals surface area contributed by atoms with Gasteiger partial charge in [-0.2, -0.15) is 0 Å². The van der Waals surface area contributed by atoms with Crippen molar-refractivity contribution in [3.05, 3.63) is 29.8 Å². The lowest BCUT2D eigenvalue weighted by Gasteiger charge is -2.41. The molecule has 2 fully saturated rings. The number of benzene rings is 1. The third-order valence-electron chi connectivity index (χ3n) is 5.13. The molecule has 0 aromatic heterocycles. The van der Waals surface area contributed by atoms with Gasteiger partial charge in [0.2, 0.25) is 0 Å². The second-order valence-corrected chi connectivity index (χ2v) is 9.44. The van der Waals surface area contributed by atoms with E-state index in [2.05, 4.69) is 0 Å². The predicted octanol–water partition coefficient (Wildman–Crippen LogP) is 0.279. The lowest BCUT2D eigenvalue weighted by atomic mass is 9.90. The molecule has 7 nitrogen and oxygen atoms in total. The molecule has 1 atom stereocenters. The first-order valence-corrected chi connectivity index (χ1v) is 10.7. The van der Waals surface area contributed by atoms with E-state index in [1.54, 1.807) is 12.0 Å². The van der Waals surface area contributed by atoms with Gasteiger partial charge in [-0.05, 0) is 30.5 Å². The van der Waals surface area contributed by atoms with Crippen LogP contribution in [0.5, 0.6) is 5.75 Å². The summed E-state index contributed by atoms with van der Waals surface area (Å²) in [7, 11) is -1.38. The Morgan fingerprint density at radius 1 is 1.23 bits per heavy atom. The molecule has 1 aromatic carbocycles. The number of ether oxygens (including phenoxy) is 1. The van der Waals surface area contributed by atoms with Crippen LogP contribution in [0.2, 0.25) is 0 Å². The number of piperidine rings is 1. The van der Waals surface area contributed by atoms with Crippen molar-refractivity contribution in [1.29, 1.82) is 0 Å². The minimum atomic E-state index is -2.98. The molecule has 1 aromatic rings. The van der Waals surface area contributed by atoms with E-state index in [4.69, 9.17) is 4.74 Å². The van der Waals surface area contributed by atoms with E-state index in [-0.39, 0.29) is 24.0 Å². The van der Waals surface area contributed by atoms with Gasteiger partial charge in [-0.25, -0.2) is 8.42 Å². The van der Waals surface area contributed by atoms with E-state index in [0.717, 1.165) is 17.7 Å². The number of carbonyl (C=O) groups is 1. The van der Waals surface area contributed by atoms with E-state index in [1.165, 1.54) is 0 Å². The Morgan fingerprint density at radius 2 is 1.96 bits per heavy atom. The molecule has 1 N–H and O–H groups in total. The smallest absolute Gasteiger partial charge is 0.256 e. The summed E-state index contributed by atoms with van der Waals surface area (Å²) in [5.74, 6) is 0.632. The molecule has 0 bridgehead atoms. The Bertz CT molecular complexity index is 753. The molecule has 3 rings (SSSR count). The summed E-state index contributed by atoms with van der Waals surface area (Å²) in [4.78, 5) is 16.5. The summed E-state index contributed by atoms with van der Waals surface area (Å²) < 4.78 is 28.4. The van der Waals surface area contributed by atoms with Crippen LogP contribution in [-0.4, -0.2) is 79.6 Å². The summed E-state index contributed by atoms with van der Waals surface area (Å²) in [6.45, 7) is 1.96. The van der Waals surface area contributed by atoms with E-state index in [0.29, 0.717) is 32.6 Å². The van der Waals surface area contributed by atoms with Gasteiger partial charge in [0.1, 0.15) is 5.75 Å². The molecule has 0 spiro atoms. The van der Waals surface area contributed by atoms with Crippen LogP contribution >= 0.6 is 0 Å². The Hall–Kier alpha value is -1.64. The zero-order chi connectivity index (χ0) is 18.8. The van der Waals surface area contributed by atoms with Crippen molar-refractivity contribution in [2.24, 2.45) is 0 Å². The van der Waals surface area contributed by atoms with Gasteiger partial charge in [-0.15, -0.1) is 0 Å². The van der Waals surface area contributed by atoms with Crippen LogP contribution in [0.1, 0.15) is 18.4 Å². The quantitative estimate of drug-likeness (QED) is 0.787. The maximum absolute atomic E-state index is 12.9. The normalized spacial score (nSPS) is 26.7. The van der Waals surface area contributed by atoms with Crippen LogP contribution in [0.4, 0.5) is 0 Å². The highest BCUT2D eigenvalue weighted by atomic mass is 32.2. The van der Waals surface area contributed by atoms with Crippen molar-refractivity contribution in [1.82, 2.24) is 9.80 Å². The number of sulfone groups is 1. The average Bonchev–Trinajstić information content (AvgIpc) is 2.61. The van der Waals surface area contributed by atoms with Gasteiger partial charge in [0.25, 0.3) is 5.91 Å². The molecule has 26 heavy (non-hydrogen) atoms. The first-order chi connectivity index (χ1) is 12.3. The van der Waals surface area contributed by atoms with Crippen molar-refractivity contribution in [2.45, 2.75) is 25.0 Å². The maximum atomic E-state index is 12.9. The zero-order valence-electron chi connectivity index (χ0n) is 15.1. The summed E-state index contributed by atoms with van der Waals surface area (Å²) in [6.07, 6.45) is 1.13. The Morgan fingerprint density at radius 3 is 2.65 bits per heavy atom. The molecule has 2 aliphatic heterocycles. The third-order valence-corrected chi connectivity index (χ3v) is 6.74. The Kier molecular flexibility index (Phi) is 5.55. The lowest BCUT2D eigenvalue weighted by Crippen LogP contribution is -2.59. The van der Waals surface area contributed by atoms with Crippen LogP contribution in [0.3, 0.4) is 0 Å².